The number of Topliss-reactive ketones (excluding diaryl/α,β-unsaturated/α-hetero) is 1. The van der Waals surface area contributed by atoms with Gasteiger partial charge in [-0.25, -0.2) is 4.39 Å². The zero-order valence-electron chi connectivity index (χ0n) is 10.5. The molecule has 2 unspecified atom stereocenters. The molecule has 0 aliphatic carbocycles. The number of nitrogens with zero attached hydrogens (tertiary/aromatic N) is 1. The molecule has 1 aliphatic heterocycles. The Morgan fingerprint density at radius 1 is 1.63 bits per heavy atom. The first-order chi connectivity index (χ1) is 8.99. The number of hydrogen-bond donors (Lipinski definition) is 0. The molecule has 3 nitrogen and oxygen atoms in total. The second-order valence-electron chi connectivity index (χ2n) is 4.75. The van der Waals surface area contributed by atoms with Gasteiger partial charge in [0.15, 0.2) is 5.78 Å². The number of carbonyl (C=O) groups is 1. The van der Waals surface area contributed by atoms with E-state index in [0.29, 0.717) is 13.0 Å². The lowest BCUT2D eigenvalue weighted by Crippen LogP contribution is -2.38. The van der Waals surface area contributed by atoms with Gasteiger partial charge in [-0.15, -0.1) is 0 Å². The van der Waals surface area contributed by atoms with Gasteiger partial charge in [0, 0.05) is 12.2 Å². The molecule has 100 valence electrons. The number of hydrogen-bond acceptors (Lipinski definition) is 3. The average molecular weight is 282 g/mol. The van der Waals surface area contributed by atoms with E-state index in [1.54, 1.807) is 6.92 Å². The van der Waals surface area contributed by atoms with Crippen molar-refractivity contribution in [2.24, 2.45) is 0 Å². The highest BCUT2D eigenvalue weighted by molar-refractivity contribution is 6.30. The van der Waals surface area contributed by atoms with E-state index in [2.05, 4.69) is 0 Å². The third kappa shape index (κ3) is 2.49. The van der Waals surface area contributed by atoms with E-state index >= 15 is 0 Å². The van der Waals surface area contributed by atoms with Crippen LogP contribution in [-0.4, -0.2) is 18.0 Å². The molecule has 2 rings (SSSR count). The lowest BCUT2D eigenvalue weighted by Gasteiger charge is -2.24. The van der Waals surface area contributed by atoms with Crippen LogP contribution in [0.25, 0.3) is 0 Å². The number of ether oxygens (including phenoxy) is 1. The molecule has 1 heterocycles. The first-order valence-electron chi connectivity index (χ1n) is 6.01. The summed E-state index contributed by atoms with van der Waals surface area (Å²) in [5.41, 5.74) is -0.994. The van der Waals surface area contributed by atoms with Crippen LogP contribution in [-0.2, 0) is 9.53 Å². The third-order valence-corrected chi connectivity index (χ3v) is 3.72. The van der Waals surface area contributed by atoms with E-state index in [0.717, 1.165) is 6.42 Å². The second-order valence-corrected chi connectivity index (χ2v) is 5.16. The minimum Gasteiger partial charge on any atom is -0.367 e. The summed E-state index contributed by atoms with van der Waals surface area (Å²) in [6.07, 6.45) is 1.31. The monoisotopic (exact) mass is 281 g/mol. The van der Waals surface area contributed by atoms with Crippen LogP contribution >= 0.6 is 11.6 Å². The minimum atomic E-state index is -1.19. The normalized spacial score (nSPS) is 23.9. The molecule has 1 saturated heterocycles. The van der Waals surface area contributed by atoms with E-state index in [1.165, 1.54) is 18.2 Å². The van der Waals surface area contributed by atoms with Gasteiger partial charge in [-0.3, -0.25) is 4.79 Å². The minimum absolute atomic E-state index is 0.0109. The highest BCUT2D eigenvalue weighted by Crippen LogP contribution is 2.34. The van der Waals surface area contributed by atoms with Crippen molar-refractivity contribution < 1.29 is 13.9 Å². The maximum absolute atomic E-state index is 13.9. The first-order valence-corrected chi connectivity index (χ1v) is 6.39. The van der Waals surface area contributed by atoms with E-state index in [4.69, 9.17) is 16.3 Å². The van der Waals surface area contributed by atoms with Crippen molar-refractivity contribution in [1.29, 1.82) is 5.26 Å². The van der Waals surface area contributed by atoms with Gasteiger partial charge >= 0.3 is 0 Å². The molecule has 0 bridgehead atoms. The second kappa shape index (κ2) is 5.28. The number of ketones is 1. The molecular formula is C14H13ClFNO2. The molecular weight excluding hydrogens is 269 g/mol. The van der Waals surface area contributed by atoms with Crippen molar-refractivity contribution in [2.45, 2.75) is 31.3 Å². The summed E-state index contributed by atoms with van der Waals surface area (Å²) in [6, 6.07) is 6.17. The molecule has 0 spiro atoms. The summed E-state index contributed by atoms with van der Waals surface area (Å²) in [4.78, 5) is 12.4. The van der Waals surface area contributed by atoms with E-state index in [1.807, 2.05) is 6.07 Å². The molecule has 0 saturated carbocycles. The zero-order chi connectivity index (χ0) is 14.0. The molecule has 0 radical (unpaired) electrons. The molecule has 0 aromatic heterocycles. The molecule has 1 aliphatic rings. The molecule has 5 heteroatoms. The molecule has 19 heavy (non-hydrogen) atoms. The summed E-state index contributed by atoms with van der Waals surface area (Å²) >= 11 is 5.69. The topological polar surface area (TPSA) is 50.1 Å². The van der Waals surface area contributed by atoms with Crippen molar-refractivity contribution in [1.82, 2.24) is 0 Å². The van der Waals surface area contributed by atoms with Crippen LogP contribution in [0.4, 0.5) is 4.39 Å². The van der Waals surface area contributed by atoms with Crippen LogP contribution < -0.4 is 0 Å². The van der Waals surface area contributed by atoms with Gasteiger partial charge in [-0.05, 0) is 25.8 Å². The van der Waals surface area contributed by atoms with Gasteiger partial charge in [0.1, 0.15) is 17.3 Å². The fraction of sp³-hybridized carbons (Fsp3) is 0.429. The Hall–Kier alpha value is -1.44. The lowest BCUT2D eigenvalue weighted by molar-refractivity contribution is -0.137. The number of rotatable bonds is 3. The van der Waals surface area contributed by atoms with Gasteiger partial charge in [-0.2, -0.15) is 5.26 Å². The smallest absolute Gasteiger partial charge is 0.185 e. The van der Waals surface area contributed by atoms with Crippen LogP contribution in [0.5, 0.6) is 0 Å². The fourth-order valence-electron chi connectivity index (χ4n) is 2.29. The number of carbonyl (C=O) groups excluding carboxylic acids is 1. The summed E-state index contributed by atoms with van der Waals surface area (Å²) < 4.78 is 19.4. The predicted octanol–water partition coefficient (Wildman–Crippen LogP) is 3.22. The highest BCUT2D eigenvalue weighted by Gasteiger charge is 2.42. The maximum atomic E-state index is 13.9. The van der Waals surface area contributed by atoms with E-state index in [9.17, 15) is 14.4 Å². The molecule has 0 N–H and O–H groups in total. The average Bonchev–Trinajstić information content (AvgIpc) is 2.83. The van der Waals surface area contributed by atoms with Crippen molar-refractivity contribution in [2.75, 3.05) is 6.61 Å². The van der Waals surface area contributed by atoms with Crippen LogP contribution in [0.2, 0.25) is 5.02 Å². The Kier molecular flexibility index (Phi) is 3.88. The first kappa shape index (κ1) is 14.0. The molecule has 1 aromatic rings. The van der Waals surface area contributed by atoms with Gasteiger partial charge in [0.05, 0.1) is 11.1 Å². The number of nitriles is 1. The molecule has 1 aromatic carbocycles. The van der Waals surface area contributed by atoms with Crippen molar-refractivity contribution >= 4 is 17.4 Å². The molecule has 2 atom stereocenters. The van der Waals surface area contributed by atoms with Gasteiger partial charge in [0.25, 0.3) is 0 Å². The van der Waals surface area contributed by atoms with E-state index in [-0.39, 0.29) is 10.6 Å². The van der Waals surface area contributed by atoms with Gasteiger partial charge in [0.2, 0.25) is 0 Å². The fourth-order valence-corrected chi connectivity index (χ4v) is 2.47. The van der Waals surface area contributed by atoms with Crippen LogP contribution in [0.15, 0.2) is 18.2 Å². The molecule has 1 fully saturated rings. The summed E-state index contributed by atoms with van der Waals surface area (Å²) in [7, 11) is 0. The van der Waals surface area contributed by atoms with Crippen LogP contribution in [0.3, 0.4) is 0 Å². The van der Waals surface area contributed by atoms with Crippen LogP contribution in [0.1, 0.15) is 31.2 Å². The summed E-state index contributed by atoms with van der Waals surface area (Å²) in [5.74, 6) is -2.32. The lowest BCUT2D eigenvalue weighted by atomic mass is 9.84. The number of halogens is 2. The number of benzene rings is 1. The molecule has 0 amide bonds. The largest absolute Gasteiger partial charge is 0.367 e. The Balaban J connectivity index is 2.38. The predicted molar refractivity (Wildman–Crippen MR) is 68.4 cm³/mol. The van der Waals surface area contributed by atoms with Gasteiger partial charge < -0.3 is 4.74 Å². The Morgan fingerprint density at radius 2 is 2.37 bits per heavy atom. The van der Waals surface area contributed by atoms with Crippen molar-refractivity contribution in [3.05, 3.63) is 34.6 Å². The van der Waals surface area contributed by atoms with Crippen LogP contribution in [0, 0.1) is 17.1 Å². The van der Waals surface area contributed by atoms with Crippen molar-refractivity contribution in [3.63, 3.8) is 0 Å². The standard InChI is InChI=1S/C14H13ClFNO2/c1-14(6-3-7-19-14)13(18)10(8-17)9-4-2-5-11(15)12(9)16/h2,4-5,10H,3,6-7H2,1H3. The Labute approximate surface area is 115 Å². The maximum Gasteiger partial charge on any atom is 0.185 e. The van der Waals surface area contributed by atoms with Gasteiger partial charge in [-0.1, -0.05) is 23.7 Å². The Morgan fingerprint density at radius 3 is 2.95 bits per heavy atom. The van der Waals surface area contributed by atoms with Crippen molar-refractivity contribution in [3.8, 4) is 6.07 Å². The SMILES string of the molecule is CC1(C(=O)C(C#N)c2cccc(Cl)c2F)CCCO1. The summed E-state index contributed by atoms with van der Waals surface area (Å²) in [5, 5.41) is 9.11. The third-order valence-electron chi connectivity index (χ3n) is 3.42. The Bertz CT molecular complexity index is 547. The van der Waals surface area contributed by atoms with E-state index < -0.39 is 23.1 Å². The quantitative estimate of drug-likeness (QED) is 0.855. The zero-order valence-corrected chi connectivity index (χ0v) is 11.2. The summed E-state index contributed by atoms with van der Waals surface area (Å²) in [6.45, 7) is 2.13. The highest BCUT2D eigenvalue weighted by atomic mass is 35.5.